The van der Waals surface area contributed by atoms with Gasteiger partial charge in [-0.3, -0.25) is 4.79 Å². The lowest BCUT2D eigenvalue weighted by molar-refractivity contribution is -0.145. The Hall–Kier alpha value is -2.77. The third kappa shape index (κ3) is 10.2. The number of benzene rings is 1. The minimum Gasteiger partial charge on any atom is -0.488 e. The van der Waals surface area contributed by atoms with Crippen molar-refractivity contribution in [1.82, 2.24) is 15.5 Å². The van der Waals surface area contributed by atoms with Gasteiger partial charge in [-0.1, -0.05) is 38.8 Å². The maximum absolute atomic E-state index is 13.2. The molecule has 0 bridgehead atoms. The van der Waals surface area contributed by atoms with Crippen LogP contribution in [0.1, 0.15) is 72.3 Å². The molecule has 1 saturated heterocycles. The van der Waals surface area contributed by atoms with Crippen LogP contribution in [0.2, 0.25) is 0 Å². The number of nitrogens with one attached hydrogen (secondary N) is 2. The van der Waals surface area contributed by atoms with Crippen LogP contribution in [-0.2, 0) is 20.7 Å². The van der Waals surface area contributed by atoms with Gasteiger partial charge >= 0.3 is 12.0 Å². The molecule has 0 spiro atoms. The van der Waals surface area contributed by atoms with Gasteiger partial charge in [0.15, 0.2) is 0 Å². The lowest BCUT2D eigenvalue weighted by atomic mass is 10.0. The van der Waals surface area contributed by atoms with Gasteiger partial charge in [-0.25, -0.2) is 9.59 Å². The Morgan fingerprint density at radius 1 is 0.943 bits per heavy atom. The molecule has 196 valence electrons. The fourth-order valence-corrected chi connectivity index (χ4v) is 4.11. The first kappa shape index (κ1) is 28.5. The quantitative estimate of drug-likeness (QED) is 0.510. The predicted molar refractivity (Wildman–Crippen MR) is 136 cm³/mol. The Labute approximate surface area is 210 Å². The smallest absolute Gasteiger partial charge is 0.328 e. The van der Waals surface area contributed by atoms with E-state index in [9.17, 15) is 14.4 Å². The van der Waals surface area contributed by atoms with Crippen molar-refractivity contribution in [3.63, 3.8) is 0 Å². The van der Waals surface area contributed by atoms with E-state index in [-0.39, 0.29) is 29.9 Å². The molecule has 2 N–H and O–H groups in total. The number of urea groups is 1. The predicted octanol–water partition coefficient (Wildman–Crippen LogP) is 4.06. The highest BCUT2D eigenvalue weighted by molar-refractivity contribution is 5.90. The largest absolute Gasteiger partial charge is 0.488 e. The molecule has 0 unspecified atom stereocenters. The monoisotopic (exact) mass is 489 g/mol. The molecule has 1 aliphatic rings. The molecular formula is C27H43N3O5. The molecule has 1 aliphatic heterocycles. The average molecular weight is 490 g/mol. The summed E-state index contributed by atoms with van der Waals surface area (Å²) in [4.78, 5) is 40.4. The number of hydrogen-bond acceptors (Lipinski definition) is 5. The highest BCUT2D eigenvalue weighted by atomic mass is 16.5. The van der Waals surface area contributed by atoms with Crippen molar-refractivity contribution < 1.29 is 23.9 Å². The van der Waals surface area contributed by atoms with E-state index >= 15 is 0 Å². The summed E-state index contributed by atoms with van der Waals surface area (Å²) < 4.78 is 10.8. The topological polar surface area (TPSA) is 97.0 Å². The van der Waals surface area contributed by atoms with Crippen LogP contribution < -0.4 is 15.4 Å². The summed E-state index contributed by atoms with van der Waals surface area (Å²) in [6.07, 6.45) is 4.91. The molecule has 1 fully saturated rings. The number of rotatable bonds is 9. The molecule has 1 aromatic rings. The molecule has 0 aliphatic carbocycles. The standard InChI is InChI=1S/C27H43N3O5/c1-19(2)17-22(29-26(33)30-15-9-7-8-10-16-30)24(31)28-23(25(32)34-6)18-20-11-13-21(14-12-20)35-27(3,4)5/h11-14,19,22-23H,7-10,15-18H2,1-6H3,(H,28,31)(H,29,33)/t22-,23-/m0/s1. The zero-order chi connectivity index (χ0) is 26.0. The first-order valence-electron chi connectivity index (χ1n) is 12.7. The van der Waals surface area contributed by atoms with Crippen molar-refractivity contribution >= 4 is 17.9 Å². The summed E-state index contributed by atoms with van der Waals surface area (Å²) >= 11 is 0. The fourth-order valence-electron chi connectivity index (χ4n) is 4.11. The molecule has 8 nitrogen and oxygen atoms in total. The summed E-state index contributed by atoms with van der Waals surface area (Å²) in [5, 5.41) is 5.72. The van der Waals surface area contributed by atoms with E-state index in [2.05, 4.69) is 10.6 Å². The number of carbonyl (C=O) groups is 3. The molecule has 1 aromatic carbocycles. The van der Waals surface area contributed by atoms with Crippen LogP contribution in [0.3, 0.4) is 0 Å². The van der Waals surface area contributed by atoms with Crippen LogP contribution in [0, 0.1) is 5.92 Å². The number of methoxy groups -OCH3 is 1. The summed E-state index contributed by atoms with van der Waals surface area (Å²) in [5.74, 6) is -0.00397. The second-order valence-electron chi connectivity index (χ2n) is 10.7. The lowest BCUT2D eigenvalue weighted by Crippen LogP contribution is -2.55. The van der Waals surface area contributed by atoms with E-state index in [0.717, 1.165) is 37.0 Å². The minimum atomic E-state index is -0.869. The number of likely N-dealkylation sites (tertiary alicyclic amines) is 1. The van der Waals surface area contributed by atoms with Crippen molar-refractivity contribution in [1.29, 1.82) is 0 Å². The van der Waals surface area contributed by atoms with Crippen molar-refractivity contribution in [3.05, 3.63) is 29.8 Å². The molecule has 2 rings (SSSR count). The molecule has 35 heavy (non-hydrogen) atoms. The second kappa shape index (κ2) is 13.4. The summed E-state index contributed by atoms with van der Waals surface area (Å²) in [7, 11) is 1.30. The Morgan fingerprint density at radius 3 is 2.06 bits per heavy atom. The first-order chi connectivity index (χ1) is 16.5. The Kier molecular flexibility index (Phi) is 10.9. The van der Waals surface area contributed by atoms with Crippen molar-refractivity contribution in [2.24, 2.45) is 5.92 Å². The maximum Gasteiger partial charge on any atom is 0.328 e. The summed E-state index contributed by atoms with van der Waals surface area (Å²) in [5.41, 5.74) is 0.545. The van der Waals surface area contributed by atoms with Gasteiger partial charge in [0, 0.05) is 19.5 Å². The third-order valence-electron chi connectivity index (χ3n) is 5.80. The number of nitrogens with zero attached hydrogens (tertiary/aromatic N) is 1. The van der Waals surface area contributed by atoms with Crippen LogP contribution in [0.25, 0.3) is 0 Å². The van der Waals surface area contributed by atoms with E-state index in [1.165, 1.54) is 7.11 Å². The van der Waals surface area contributed by atoms with Crippen molar-refractivity contribution in [2.45, 2.75) is 90.8 Å². The van der Waals surface area contributed by atoms with E-state index in [4.69, 9.17) is 9.47 Å². The zero-order valence-electron chi connectivity index (χ0n) is 22.2. The van der Waals surface area contributed by atoms with Crippen LogP contribution in [0.4, 0.5) is 4.79 Å². The Balaban J connectivity index is 2.09. The summed E-state index contributed by atoms with van der Waals surface area (Å²) in [6.45, 7) is 11.3. The molecule has 8 heteroatoms. The van der Waals surface area contributed by atoms with Gasteiger partial charge in [0.1, 0.15) is 23.4 Å². The van der Waals surface area contributed by atoms with Crippen LogP contribution in [-0.4, -0.2) is 60.7 Å². The number of carbonyl (C=O) groups excluding carboxylic acids is 3. The Morgan fingerprint density at radius 2 is 1.54 bits per heavy atom. The van der Waals surface area contributed by atoms with E-state index in [1.54, 1.807) is 4.90 Å². The van der Waals surface area contributed by atoms with Crippen LogP contribution in [0.5, 0.6) is 5.75 Å². The highest BCUT2D eigenvalue weighted by Crippen LogP contribution is 2.19. The molecule has 3 amide bonds. The van der Waals surface area contributed by atoms with E-state index in [1.807, 2.05) is 58.9 Å². The molecular weight excluding hydrogens is 446 g/mol. The number of ether oxygens (including phenoxy) is 2. The fraction of sp³-hybridized carbons (Fsp3) is 0.667. The number of esters is 1. The van der Waals surface area contributed by atoms with Crippen molar-refractivity contribution in [2.75, 3.05) is 20.2 Å². The first-order valence-corrected chi connectivity index (χ1v) is 12.7. The molecule has 0 saturated carbocycles. The molecule has 2 atom stereocenters. The van der Waals surface area contributed by atoms with Crippen LogP contribution in [0.15, 0.2) is 24.3 Å². The maximum atomic E-state index is 13.2. The van der Waals surface area contributed by atoms with Gasteiger partial charge in [-0.15, -0.1) is 0 Å². The average Bonchev–Trinajstić information content (AvgIpc) is 3.07. The van der Waals surface area contributed by atoms with Gasteiger partial charge in [-0.2, -0.15) is 0 Å². The van der Waals surface area contributed by atoms with Crippen LogP contribution >= 0.6 is 0 Å². The Bertz CT molecular complexity index is 824. The number of amides is 3. The molecule has 0 radical (unpaired) electrons. The van der Waals surface area contributed by atoms with Gasteiger partial charge < -0.3 is 25.0 Å². The van der Waals surface area contributed by atoms with Gasteiger partial charge in [0.25, 0.3) is 0 Å². The van der Waals surface area contributed by atoms with Gasteiger partial charge in [0.05, 0.1) is 7.11 Å². The zero-order valence-corrected chi connectivity index (χ0v) is 22.2. The SMILES string of the molecule is COC(=O)[C@H](Cc1ccc(OC(C)(C)C)cc1)NC(=O)[C@H](CC(C)C)NC(=O)N1CCCCCC1. The van der Waals surface area contributed by atoms with Crippen molar-refractivity contribution in [3.8, 4) is 5.75 Å². The third-order valence-corrected chi connectivity index (χ3v) is 5.80. The van der Waals surface area contributed by atoms with Gasteiger partial charge in [0.2, 0.25) is 5.91 Å². The second-order valence-corrected chi connectivity index (χ2v) is 10.7. The van der Waals surface area contributed by atoms with E-state index in [0.29, 0.717) is 19.5 Å². The molecule has 0 aromatic heterocycles. The highest BCUT2D eigenvalue weighted by Gasteiger charge is 2.29. The van der Waals surface area contributed by atoms with E-state index < -0.39 is 18.1 Å². The van der Waals surface area contributed by atoms with Gasteiger partial charge in [-0.05, 0) is 63.6 Å². The number of hydrogen-bond donors (Lipinski definition) is 2. The molecule has 1 heterocycles. The lowest BCUT2D eigenvalue weighted by Gasteiger charge is -2.27. The summed E-state index contributed by atoms with van der Waals surface area (Å²) in [6, 6.07) is 5.61. The minimum absolute atomic E-state index is 0.183. The normalized spacial score (nSPS) is 16.1.